The molecule has 10 nitrogen and oxygen atoms in total. The van der Waals surface area contributed by atoms with Gasteiger partial charge >= 0.3 is 0 Å². The minimum Gasteiger partial charge on any atom is -0.493 e. The summed E-state index contributed by atoms with van der Waals surface area (Å²) in [6, 6.07) is 14.4. The number of fused-ring (bicyclic) bond motifs is 1. The Bertz CT molecular complexity index is 1350. The van der Waals surface area contributed by atoms with E-state index in [0.717, 1.165) is 23.1 Å². The lowest BCUT2D eigenvalue weighted by Crippen LogP contribution is -2.45. The lowest BCUT2D eigenvalue weighted by molar-refractivity contribution is -0.114. The monoisotopic (exact) mass is 514 g/mol. The number of carbonyl (C=O) groups is 1. The minimum absolute atomic E-state index is 0.0326. The van der Waals surface area contributed by atoms with Crippen molar-refractivity contribution in [1.29, 1.82) is 5.41 Å². The van der Waals surface area contributed by atoms with Gasteiger partial charge in [0.25, 0.3) is 5.91 Å². The predicted molar refractivity (Wildman–Crippen MR) is 135 cm³/mol. The Morgan fingerprint density at radius 3 is 2.43 bits per heavy atom. The summed E-state index contributed by atoms with van der Waals surface area (Å²) >= 11 is 0.755. The molecule has 12 heteroatoms. The fourth-order valence-corrected chi connectivity index (χ4v) is 5.08. The average molecular weight is 515 g/mol. The Hall–Kier alpha value is -3.64. The van der Waals surface area contributed by atoms with Crippen molar-refractivity contribution in [3.63, 3.8) is 0 Å². The van der Waals surface area contributed by atoms with Crippen LogP contribution in [0.15, 0.2) is 63.5 Å². The molecule has 35 heavy (non-hydrogen) atoms. The summed E-state index contributed by atoms with van der Waals surface area (Å²) in [7, 11) is -2.10. The molecule has 2 aliphatic rings. The molecule has 0 aliphatic carbocycles. The van der Waals surface area contributed by atoms with E-state index in [-0.39, 0.29) is 21.7 Å². The van der Waals surface area contributed by atoms with Crippen molar-refractivity contribution in [2.24, 2.45) is 9.39 Å². The fourth-order valence-electron chi connectivity index (χ4n) is 3.23. The number of rotatable bonds is 8. The molecule has 2 aliphatic heterocycles. The van der Waals surface area contributed by atoms with Crippen molar-refractivity contribution in [3.05, 3.63) is 59.7 Å². The van der Waals surface area contributed by atoms with Crippen LogP contribution in [0.5, 0.6) is 17.2 Å². The van der Waals surface area contributed by atoms with E-state index in [1.807, 2.05) is 24.3 Å². The van der Waals surface area contributed by atoms with E-state index >= 15 is 0 Å². The molecule has 0 spiro atoms. The number of nitrogens with one attached hydrogen (secondary N) is 1. The highest BCUT2D eigenvalue weighted by Crippen LogP contribution is 2.30. The van der Waals surface area contributed by atoms with Gasteiger partial charge in [-0.05, 0) is 35.9 Å². The van der Waals surface area contributed by atoms with Gasteiger partial charge in [-0.1, -0.05) is 24.3 Å². The molecule has 0 atom stereocenters. The number of amides is 1. The third-order valence-electron chi connectivity index (χ3n) is 4.90. The molecule has 182 valence electrons. The van der Waals surface area contributed by atoms with Crippen molar-refractivity contribution < 1.29 is 27.4 Å². The van der Waals surface area contributed by atoms with Crippen LogP contribution in [-0.4, -0.2) is 62.0 Å². The first-order valence-corrected chi connectivity index (χ1v) is 13.1. The molecule has 0 unspecified atom stereocenters. The van der Waals surface area contributed by atoms with E-state index in [1.54, 1.807) is 31.4 Å². The third-order valence-corrected chi connectivity index (χ3v) is 6.66. The van der Waals surface area contributed by atoms with Crippen LogP contribution in [0.2, 0.25) is 0 Å². The molecule has 4 rings (SSSR count). The number of carbonyl (C=O) groups excluding carboxylic acids is 1. The molecular formula is C23H22N4O6S2. The second kappa shape index (κ2) is 10.3. The number of ether oxygens (including phenoxy) is 3. The highest BCUT2D eigenvalue weighted by molar-refractivity contribution is 8.16. The number of nitrogens with zero attached hydrogens (tertiary/aromatic N) is 3. The molecule has 2 aromatic rings. The van der Waals surface area contributed by atoms with Crippen LogP contribution >= 0.6 is 11.9 Å². The first-order chi connectivity index (χ1) is 16.8. The zero-order chi connectivity index (χ0) is 25.0. The lowest BCUT2D eigenvalue weighted by atomic mass is 10.1. The topological polar surface area (TPSA) is 131 Å². The van der Waals surface area contributed by atoms with E-state index < -0.39 is 15.7 Å². The van der Waals surface area contributed by atoms with Gasteiger partial charge in [-0.3, -0.25) is 10.2 Å². The van der Waals surface area contributed by atoms with Gasteiger partial charge < -0.3 is 14.2 Å². The van der Waals surface area contributed by atoms with Gasteiger partial charge in [0.2, 0.25) is 20.2 Å². The Balaban J connectivity index is 1.35. The van der Waals surface area contributed by atoms with Crippen molar-refractivity contribution >= 4 is 49.9 Å². The van der Waals surface area contributed by atoms with E-state index in [1.165, 1.54) is 6.08 Å². The summed E-state index contributed by atoms with van der Waals surface area (Å²) in [5.74, 6) is 1.07. The van der Waals surface area contributed by atoms with Crippen molar-refractivity contribution in [3.8, 4) is 17.2 Å². The first kappa shape index (κ1) is 24.5. The second-order valence-corrected chi connectivity index (χ2v) is 10.1. The Labute approximate surface area is 206 Å². The number of amidine groups is 3. The zero-order valence-electron chi connectivity index (χ0n) is 18.9. The second-order valence-electron chi connectivity index (χ2n) is 7.45. The van der Waals surface area contributed by atoms with Crippen LogP contribution < -0.4 is 14.2 Å². The van der Waals surface area contributed by atoms with Crippen LogP contribution in [0, 0.1) is 5.41 Å². The van der Waals surface area contributed by atoms with Crippen molar-refractivity contribution in [2.75, 3.05) is 26.6 Å². The fraction of sp³-hybridized carbons (Fsp3) is 0.217. The summed E-state index contributed by atoms with van der Waals surface area (Å²) in [6.45, 7) is 0.904. The number of methoxy groups -OCH3 is 1. The van der Waals surface area contributed by atoms with E-state index in [2.05, 4.69) is 9.39 Å². The van der Waals surface area contributed by atoms with Gasteiger partial charge in [0, 0.05) is 12.7 Å². The largest absolute Gasteiger partial charge is 0.493 e. The minimum atomic E-state index is -3.69. The van der Waals surface area contributed by atoms with Crippen LogP contribution in [0.4, 0.5) is 0 Å². The molecule has 0 radical (unpaired) electrons. The smallest absolute Gasteiger partial charge is 0.283 e. The molecule has 0 aromatic heterocycles. The normalized spacial score (nSPS) is 16.6. The maximum Gasteiger partial charge on any atom is 0.283 e. The first-order valence-electron chi connectivity index (χ1n) is 10.5. The third kappa shape index (κ3) is 5.54. The van der Waals surface area contributed by atoms with Crippen LogP contribution in [-0.2, 0) is 14.6 Å². The predicted octanol–water partition coefficient (Wildman–Crippen LogP) is 3.16. The van der Waals surface area contributed by atoms with E-state index in [4.69, 9.17) is 19.6 Å². The average Bonchev–Trinajstić information content (AvgIpc) is 3.27. The SMILES string of the molecule is COc1ccccc1OCCCOc1ccc(/C=C2/C(=N)N3C(=NC2=O)SN=C3S(C)(=O)=O)cc1. The quantitative estimate of drug-likeness (QED) is 0.323. The number of aliphatic imine (C=N–C) groups is 1. The highest BCUT2D eigenvalue weighted by atomic mass is 32.2. The maximum atomic E-state index is 12.4. The molecule has 0 saturated heterocycles. The Morgan fingerprint density at radius 2 is 1.74 bits per heavy atom. The molecule has 0 saturated carbocycles. The standard InChI is InChI=1S/C23H22N4O6S2/c1-31-18-6-3-4-7-19(18)33-13-5-12-32-16-10-8-15(9-11-16)14-17-20(24)27-22(25-21(17)28)34-26-23(27)35(2,29)30/h3-4,6-11,14,24H,5,12-13H2,1-2H3/b17-14-,24-20?. The molecule has 1 amide bonds. The Morgan fingerprint density at radius 1 is 1.06 bits per heavy atom. The Kier molecular flexibility index (Phi) is 7.22. The zero-order valence-corrected chi connectivity index (χ0v) is 20.6. The van der Waals surface area contributed by atoms with Crippen LogP contribution in [0.3, 0.4) is 0 Å². The van der Waals surface area contributed by atoms with Crippen molar-refractivity contribution in [2.45, 2.75) is 6.42 Å². The highest BCUT2D eigenvalue weighted by Gasteiger charge is 2.41. The number of para-hydroxylation sites is 2. The van der Waals surface area contributed by atoms with Gasteiger partial charge in [-0.15, -0.1) is 0 Å². The van der Waals surface area contributed by atoms with Crippen molar-refractivity contribution in [1.82, 2.24) is 4.90 Å². The summed E-state index contributed by atoms with van der Waals surface area (Å²) in [5.41, 5.74) is 0.600. The molecule has 0 fully saturated rings. The number of hydrogen-bond acceptors (Lipinski definition) is 9. The number of hydrogen-bond donors (Lipinski definition) is 1. The van der Waals surface area contributed by atoms with Gasteiger partial charge in [-0.25, -0.2) is 13.3 Å². The summed E-state index contributed by atoms with van der Waals surface area (Å²) in [5, 5.41) is 8.11. The summed E-state index contributed by atoms with van der Waals surface area (Å²) in [4.78, 5) is 17.4. The van der Waals surface area contributed by atoms with Crippen LogP contribution in [0.25, 0.3) is 6.08 Å². The van der Waals surface area contributed by atoms with Gasteiger partial charge in [-0.2, -0.15) is 9.39 Å². The summed E-state index contributed by atoms with van der Waals surface area (Å²) in [6.07, 6.45) is 3.14. The van der Waals surface area contributed by atoms with E-state index in [0.29, 0.717) is 42.4 Å². The molecule has 2 aromatic carbocycles. The molecular weight excluding hydrogens is 492 g/mol. The van der Waals surface area contributed by atoms with Crippen LogP contribution in [0.1, 0.15) is 12.0 Å². The summed E-state index contributed by atoms with van der Waals surface area (Å²) < 4.78 is 44.5. The number of sulfone groups is 1. The molecule has 2 heterocycles. The van der Waals surface area contributed by atoms with Gasteiger partial charge in [0.05, 0.1) is 37.8 Å². The lowest BCUT2D eigenvalue weighted by Gasteiger charge is -2.23. The van der Waals surface area contributed by atoms with E-state index in [9.17, 15) is 13.2 Å². The number of benzene rings is 2. The molecule has 0 bridgehead atoms. The molecule has 1 N–H and O–H groups in total. The van der Waals surface area contributed by atoms with Gasteiger partial charge in [0.15, 0.2) is 11.5 Å². The van der Waals surface area contributed by atoms with Gasteiger partial charge in [0.1, 0.15) is 11.6 Å². The maximum absolute atomic E-state index is 12.4.